The Labute approximate surface area is 436 Å². The average Bonchev–Trinajstić information content (AvgIpc) is 3.32. The second kappa shape index (κ2) is 52.6. The van der Waals surface area contributed by atoms with Gasteiger partial charge in [0.05, 0.1) is 39.9 Å². The van der Waals surface area contributed by atoms with Gasteiger partial charge < -0.3 is 19.8 Å². The first kappa shape index (κ1) is 68.7. The molecule has 0 spiro atoms. The van der Waals surface area contributed by atoms with Crippen LogP contribution in [0.3, 0.4) is 0 Å². The van der Waals surface area contributed by atoms with Gasteiger partial charge in [-0.1, -0.05) is 269 Å². The van der Waals surface area contributed by atoms with Gasteiger partial charge in [-0.25, -0.2) is 4.57 Å². The third kappa shape index (κ3) is 54.5. The van der Waals surface area contributed by atoms with Crippen molar-refractivity contribution < 1.29 is 32.9 Å². The van der Waals surface area contributed by atoms with Crippen molar-refractivity contribution in [2.24, 2.45) is 0 Å². The van der Waals surface area contributed by atoms with Gasteiger partial charge in [0, 0.05) is 6.42 Å². The van der Waals surface area contributed by atoms with Crippen molar-refractivity contribution in [2.75, 3.05) is 40.9 Å². The Morgan fingerprint density at radius 1 is 0.471 bits per heavy atom. The lowest BCUT2D eigenvalue weighted by molar-refractivity contribution is -0.870. The molecule has 0 aromatic carbocycles. The van der Waals surface area contributed by atoms with Crippen LogP contribution in [0.15, 0.2) is 36.5 Å². The zero-order valence-electron chi connectivity index (χ0n) is 47.3. The third-order valence-corrected chi connectivity index (χ3v) is 14.8. The SMILES string of the molecule is CCCCCCCCCCCCCC/C=C\CCCCCCCCCCCCCCCCC(=O)NC(COP(=O)(O)OCC[N+](C)(C)C)C(O)/C=C/CC/C=C/CCCCCCCCCCCCCC. The number of hydrogen-bond donors (Lipinski definition) is 3. The molecule has 0 saturated heterocycles. The summed E-state index contributed by atoms with van der Waals surface area (Å²) in [7, 11) is 1.56. The molecule has 0 aromatic rings. The van der Waals surface area contributed by atoms with Crippen molar-refractivity contribution >= 4 is 13.7 Å². The van der Waals surface area contributed by atoms with Crippen LogP contribution in [0.4, 0.5) is 0 Å². The number of phosphoric acid groups is 1. The van der Waals surface area contributed by atoms with Crippen LogP contribution in [0, 0.1) is 0 Å². The normalized spacial score (nSPS) is 14.1. The maximum absolute atomic E-state index is 13.0. The van der Waals surface area contributed by atoms with Gasteiger partial charge in [-0.05, 0) is 57.8 Å². The molecule has 0 bridgehead atoms. The molecule has 0 radical (unpaired) electrons. The van der Waals surface area contributed by atoms with E-state index < -0.39 is 20.0 Å². The number of phosphoric ester groups is 1. The molecular formula is C61H120N2O6P+. The molecule has 0 saturated carbocycles. The Hall–Kier alpha value is -1.28. The van der Waals surface area contributed by atoms with Gasteiger partial charge in [0.15, 0.2) is 0 Å². The third-order valence-electron chi connectivity index (χ3n) is 13.8. The summed E-state index contributed by atoms with van der Waals surface area (Å²) >= 11 is 0. The topological polar surface area (TPSA) is 105 Å². The first-order valence-electron chi connectivity index (χ1n) is 30.4. The van der Waals surface area contributed by atoms with Gasteiger partial charge in [-0.15, -0.1) is 0 Å². The summed E-state index contributed by atoms with van der Waals surface area (Å²) in [4.78, 5) is 23.3. The number of nitrogens with zero attached hydrogens (tertiary/aromatic N) is 1. The molecule has 0 aliphatic rings. The van der Waals surface area contributed by atoms with E-state index in [-0.39, 0.29) is 19.1 Å². The highest BCUT2D eigenvalue weighted by atomic mass is 31.2. The second-order valence-corrected chi connectivity index (χ2v) is 23.5. The number of quaternary nitrogens is 1. The van der Waals surface area contributed by atoms with E-state index in [1.54, 1.807) is 6.08 Å². The maximum Gasteiger partial charge on any atom is 0.472 e. The quantitative estimate of drug-likeness (QED) is 0.0243. The lowest BCUT2D eigenvalue weighted by Gasteiger charge is -2.25. The Kier molecular flexibility index (Phi) is 51.6. The number of aliphatic hydroxyl groups is 1. The van der Waals surface area contributed by atoms with Crippen LogP contribution in [0.1, 0.15) is 296 Å². The summed E-state index contributed by atoms with van der Waals surface area (Å²) in [5.41, 5.74) is 0. The highest BCUT2D eigenvalue weighted by Gasteiger charge is 2.27. The van der Waals surface area contributed by atoms with Gasteiger partial charge in [-0.2, -0.15) is 0 Å². The Bertz CT molecular complexity index is 1230. The fraction of sp³-hybridized carbons (Fsp3) is 0.885. The summed E-state index contributed by atoms with van der Waals surface area (Å²) in [6.07, 6.45) is 68.4. The number of aliphatic hydroxyl groups excluding tert-OH is 1. The van der Waals surface area contributed by atoms with E-state index in [0.717, 1.165) is 38.5 Å². The second-order valence-electron chi connectivity index (χ2n) is 22.1. The largest absolute Gasteiger partial charge is 0.472 e. The summed E-state index contributed by atoms with van der Waals surface area (Å²) in [6, 6.07) is -0.862. The summed E-state index contributed by atoms with van der Waals surface area (Å²) in [5, 5.41) is 13.9. The summed E-state index contributed by atoms with van der Waals surface area (Å²) in [5.74, 6) is -0.183. The molecule has 0 aliphatic carbocycles. The van der Waals surface area contributed by atoms with E-state index in [9.17, 15) is 19.4 Å². The number of carbonyl (C=O) groups excluding carboxylic acids is 1. The van der Waals surface area contributed by atoms with E-state index in [0.29, 0.717) is 17.4 Å². The predicted molar refractivity (Wildman–Crippen MR) is 304 cm³/mol. The molecular weight excluding hydrogens is 888 g/mol. The number of hydrogen-bond acceptors (Lipinski definition) is 5. The van der Waals surface area contributed by atoms with Crippen molar-refractivity contribution in [2.45, 2.75) is 309 Å². The molecule has 0 rings (SSSR count). The average molecular weight is 1010 g/mol. The fourth-order valence-corrected chi connectivity index (χ4v) is 9.79. The van der Waals surface area contributed by atoms with Crippen LogP contribution < -0.4 is 5.32 Å². The van der Waals surface area contributed by atoms with Crippen molar-refractivity contribution in [1.82, 2.24) is 5.32 Å². The number of nitrogens with one attached hydrogen (secondary N) is 1. The van der Waals surface area contributed by atoms with Crippen molar-refractivity contribution in [1.29, 1.82) is 0 Å². The van der Waals surface area contributed by atoms with E-state index in [1.165, 1.54) is 238 Å². The van der Waals surface area contributed by atoms with Crippen LogP contribution in [0.5, 0.6) is 0 Å². The van der Waals surface area contributed by atoms with Gasteiger partial charge in [-0.3, -0.25) is 13.8 Å². The van der Waals surface area contributed by atoms with Crippen LogP contribution in [-0.4, -0.2) is 73.4 Å². The lowest BCUT2D eigenvalue weighted by atomic mass is 10.0. The molecule has 0 aromatic heterocycles. The molecule has 9 heteroatoms. The van der Waals surface area contributed by atoms with Gasteiger partial charge in [0.1, 0.15) is 13.2 Å². The Morgan fingerprint density at radius 3 is 1.14 bits per heavy atom. The lowest BCUT2D eigenvalue weighted by Crippen LogP contribution is -2.45. The molecule has 0 heterocycles. The van der Waals surface area contributed by atoms with Gasteiger partial charge >= 0.3 is 7.82 Å². The van der Waals surface area contributed by atoms with Crippen LogP contribution in [0.25, 0.3) is 0 Å². The molecule has 3 unspecified atom stereocenters. The predicted octanol–water partition coefficient (Wildman–Crippen LogP) is 18.5. The maximum atomic E-state index is 13.0. The molecule has 70 heavy (non-hydrogen) atoms. The molecule has 414 valence electrons. The number of carbonyl (C=O) groups is 1. The fourth-order valence-electron chi connectivity index (χ4n) is 9.06. The minimum absolute atomic E-state index is 0.0573. The first-order chi connectivity index (χ1) is 34.0. The molecule has 1 amide bonds. The standard InChI is InChI=1S/C61H119N2O6P/c1-6-8-10-12-14-16-18-20-22-24-26-27-28-29-30-31-32-33-34-35-36-37-39-41-43-45-47-49-51-53-55-61(65)62-59(58-69-70(66,67)68-57-56-63(3,4)5)60(64)54-52-50-48-46-44-42-40-38-25-23-21-19-17-15-13-11-9-7-2/h29-30,44,46,52,54,59-60,64H,6-28,31-43,45,47-51,53,55-58H2,1-5H3,(H-,62,65,66,67)/p+1/b30-29-,46-44+,54-52+. The summed E-state index contributed by atoms with van der Waals surface area (Å²) < 4.78 is 23.7. The number of rotatable bonds is 56. The van der Waals surface area contributed by atoms with Crippen LogP contribution in [-0.2, 0) is 18.4 Å². The molecule has 0 aliphatic heterocycles. The van der Waals surface area contributed by atoms with Crippen molar-refractivity contribution in [3.8, 4) is 0 Å². The van der Waals surface area contributed by atoms with Crippen LogP contribution in [0.2, 0.25) is 0 Å². The monoisotopic (exact) mass is 1010 g/mol. The molecule has 3 atom stereocenters. The summed E-state index contributed by atoms with van der Waals surface area (Å²) in [6.45, 7) is 4.83. The van der Waals surface area contributed by atoms with E-state index in [4.69, 9.17) is 9.05 Å². The number of likely N-dealkylation sites (N-methyl/N-ethyl adjacent to an activating group) is 1. The van der Waals surface area contributed by atoms with E-state index in [2.05, 4.69) is 43.5 Å². The highest BCUT2D eigenvalue weighted by Crippen LogP contribution is 2.43. The minimum Gasteiger partial charge on any atom is -0.387 e. The first-order valence-corrected chi connectivity index (χ1v) is 31.9. The van der Waals surface area contributed by atoms with E-state index >= 15 is 0 Å². The Balaban J connectivity index is 4.12. The zero-order chi connectivity index (χ0) is 51.3. The smallest absolute Gasteiger partial charge is 0.387 e. The Morgan fingerprint density at radius 2 is 0.786 bits per heavy atom. The molecule has 3 N–H and O–H groups in total. The molecule has 8 nitrogen and oxygen atoms in total. The van der Waals surface area contributed by atoms with E-state index in [1.807, 2.05) is 27.2 Å². The zero-order valence-corrected chi connectivity index (χ0v) is 48.2. The molecule has 0 fully saturated rings. The van der Waals surface area contributed by atoms with Gasteiger partial charge in [0.2, 0.25) is 5.91 Å². The number of amides is 1. The van der Waals surface area contributed by atoms with Crippen LogP contribution >= 0.6 is 7.82 Å². The number of allylic oxidation sites excluding steroid dienone is 5. The number of unbranched alkanes of at least 4 members (excludes halogenated alkanes) is 39. The van der Waals surface area contributed by atoms with Crippen molar-refractivity contribution in [3.63, 3.8) is 0 Å². The van der Waals surface area contributed by atoms with Crippen molar-refractivity contribution in [3.05, 3.63) is 36.5 Å². The highest BCUT2D eigenvalue weighted by molar-refractivity contribution is 7.47. The minimum atomic E-state index is -4.35. The van der Waals surface area contributed by atoms with Gasteiger partial charge in [0.25, 0.3) is 0 Å².